The smallest absolute Gasteiger partial charge is 0.326 e. The molecule has 7 heteroatoms. The molecule has 0 aliphatic heterocycles. The number of anilines is 1. The summed E-state index contributed by atoms with van der Waals surface area (Å²) >= 11 is 4.04. The Kier molecular flexibility index (Phi) is 8.63. The molecular formula is C17H26N2O4S. The van der Waals surface area contributed by atoms with Gasteiger partial charge in [-0.15, -0.1) is 0 Å². The number of carbonyl (C=O) groups is 2. The summed E-state index contributed by atoms with van der Waals surface area (Å²) < 4.78 is 5.53. The van der Waals surface area contributed by atoms with E-state index in [2.05, 4.69) is 17.9 Å². The molecule has 0 heterocycles. The van der Waals surface area contributed by atoms with E-state index in [1.165, 1.54) is 0 Å². The lowest BCUT2D eigenvalue weighted by Crippen LogP contribution is -2.44. The minimum Gasteiger partial charge on any atom is -0.480 e. The van der Waals surface area contributed by atoms with Crippen molar-refractivity contribution in [1.29, 1.82) is 0 Å². The average Bonchev–Trinajstić information content (AvgIpc) is 2.56. The molecule has 0 radical (unpaired) electrons. The number of hydrogen-bond donors (Lipinski definition) is 3. The Hall–Kier alpha value is -1.73. The van der Waals surface area contributed by atoms with Crippen molar-refractivity contribution in [1.82, 2.24) is 5.32 Å². The molecule has 0 saturated carbocycles. The van der Waals surface area contributed by atoms with E-state index >= 15 is 0 Å². The monoisotopic (exact) mass is 354 g/mol. The minimum atomic E-state index is -1.06. The predicted octanol–water partition coefficient (Wildman–Crippen LogP) is 1.79. The molecule has 0 aliphatic carbocycles. The molecule has 0 aromatic heterocycles. The molecule has 2 atom stereocenters. The summed E-state index contributed by atoms with van der Waals surface area (Å²) in [7, 11) is 3.95. The summed E-state index contributed by atoms with van der Waals surface area (Å²) in [5, 5.41) is 11.7. The van der Waals surface area contributed by atoms with Gasteiger partial charge in [0.15, 0.2) is 0 Å². The Morgan fingerprint density at radius 3 is 2.42 bits per heavy atom. The van der Waals surface area contributed by atoms with E-state index in [9.17, 15) is 14.7 Å². The highest BCUT2D eigenvalue weighted by atomic mass is 32.1. The third kappa shape index (κ3) is 6.80. The van der Waals surface area contributed by atoms with Crippen molar-refractivity contribution in [3.8, 4) is 0 Å². The quantitative estimate of drug-likeness (QED) is 0.441. The summed E-state index contributed by atoms with van der Waals surface area (Å²) in [6, 6.07) is 6.99. The lowest BCUT2D eigenvalue weighted by molar-refractivity contribution is -0.142. The van der Waals surface area contributed by atoms with Crippen LogP contribution >= 0.6 is 12.6 Å². The number of amides is 1. The number of carboxylic acids is 1. The van der Waals surface area contributed by atoms with Crippen molar-refractivity contribution in [3.05, 3.63) is 29.8 Å². The van der Waals surface area contributed by atoms with Crippen LogP contribution in [0.15, 0.2) is 24.3 Å². The van der Waals surface area contributed by atoms with Crippen molar-refractivity contribution >= 4 is 30.2 Å². The Morgan fingerprint density at radius 2 is 1.92 bits per heavy atom. The van der Waals surface area contributed by atoms with Crippen LogP contribution in [0.25, 0.3) is 0 Å². The van der Waals surface area contributed by atoms with E-state index < -0.39 is 12.0 Å². The number of carboxylic acid groups (broad SMARTS) is 1. The standard InChI is InChI=1S/C17H26N2O4S/c1-12(11-24)16(20)18-15(17(21)22)8-9-23-10-13-4-6-14(7-5-13)19(2)3/h4-7,12,15,24H,8-11H2,1-3H3,(H,18,20)(H,21,22)/t12-,15?/m1/s1. The largest absolute Gasteiger partial charge is 0.480 e. The highest BCUT2D eigenvalue weighted by Gasteiger charge is 2.22. The number of carbonyl (C=O) groups excluding carboxylic acids is 1. The van der Waals surface area contributed by atoms with Crippen LogP contribution in [-0.4, -0.2) is 49.5 Å². The fourth-order valence-corrected chi connectivity index (χ4v) is 2.10. The van der Waals surface area contributed by atoms with E-state index in [4.69, 9.17) is 4.74 Å². The zero-order valence-electron chi connectivity index (χ0n) is 14.4. The van der Waals surface area contributed by atoms with Gasteiger partial charge in [0.05, 0.1) is 6.61 Å². The lowest BCUT2D eigenvalue weighted by Gasteiger charge is -2.17. The first kappa shape index (κ1) is 20.3. The van der Waals surface area contributed by atoms with Crippen LogP contribution in [0.5, 0.6) is 0 Å². The summed E-state index contributed by atoms with van der Waals surface area (Å²) in [5.41, 5.74) is 2.12. The Labute approximate surface area is 148 Å². The molecule has 0 fully saturated rings. The van der Waals surface area contributed by atoms with Crippen LogP contribution in [-0.2, 0) is 20.9 Å². The predicted molar refractivity (Wildman–Crippen MR) is 97.6 cm³/mol. The van der Waals surface area contributed by atoms with Gasteiger partial charge < -0.3 is 20.1 Å². The van der Waals surface area contributed by atoms with Gasteiger partial charge >= 0.3 is 5.97 Å². The third-order valence-corrected chi connectivity index (χ3v) is 4.16. The zero-order chi connectivity index (χ0) is 18.1. The van der Waals surface area contributed by atoms with Crippen LogP contribution in [0.2, 0.25) is 0 Å². The molecule has 0 aliphatic rings. The van der Waals surface area contributed by atoms with E-state index in [1.807, 2.05) is 43.3 Å². The van der Waals surface area contributed by atoms with Gasteiger partial charge in [-0.25, -0.2) is 4.79 Å². The number of ether oxygens (including phenoxy) is 1. The lowest BCUT2D eigenvalue weighted by atomic mass is 10.1. The normalized spacial score (nSPS) is 13.2. The maximum absolute atomic E-state index is 11.8. The number of rotatable bonds is 10. The zero-order valence-corrected chi connectivity index (χ0v) is 15.3. The molecule has 1 rings (SSSR count). The molecule has 134 valence electrons. The molecule has 0 bridgehead atoms. The molecule has 0 saturated heterocycles. The molecule has 2 N–H and O–H groups in total. The van der Waals surface area contributed by atoms with Gasteiger partial charge in [0, 0.05) is 44.5 Å². The van der Waals surface area contributed by atoms with Crippen molar-refractivity contribution in [2.45, 2.75) is 26.0 Å². The fraction of sp³-hybridized carbons (Fsp3) is 0.529. The van der Waals surface area contributed by atoms with Crippen molar-refractivity contribution in [2.75, 3.05) is 31.4 Å². The first-order chi connectivity index (χ1) is 11.3. The van der Waals surface area contributed by atoms with E-state index in [0.29, 0.717) is 12.4 Å². The van der Waals surface area contributed by atoms with Gasteiger partial charge in [-0.3, -0.25) is 4.79 Å². The number of hydrogen-bond acceptors (Lipinski definition) is 5. The van der Waals surface area contributed by atoms with Gasteiger partial charge in [-0.05, 0) is 17.7 Å². The van der Waals surface area contributed by atoms with Crippen LogP contribution in [0.4, 0.5) is 5.69 Å². The molecule has 1 aromatic carbocycles. The second kappa shape index (κ2) is 10.2. The SMILES string of the molecule is C[C@H](CS)C(=O)NC(CCOCc1ccc(N(C)C)cc1)C(=O)O. The third-order valence-electron chi connectivity index (χ3n) is 3.61. The van der Waals surface area contributed by atoms with Gasteiger partial charge in [0.25, 0.3) is 0 Å². The first-order valence-corrected chi connectivity index (χ1v) is 8.46. The van der Waals surface area contributed by atoms with Gasteiger partial charge in [0.2, 0.25) is 5.91 Å². The maximum Gasteiger partial charge on any atom is 0.326 e. The van der Waals surface area contributed by atoms with E-state index in [-0.39, 0.29) is 24.9 Å². The summed E-state index contributed by atoms with van der Waals surface area (Å²) in [6.07, 6.45) is 0.218. The van der Waals surface area contributed by atoms with Crippen LogP contribution in [0.1, 0.15) is 18.9 Å². The molecule has 24 heavy (non-hydrogen) atoms. The van der Waals surface area contributed by atoms with Crippen LogP contribution in [0, 0.1) is 5.92 Å². The highest BCUT2D eigenvalue weighted by molar-refractivity contribution is 7.80. The van der Waals surface area contributed by atoms with Crippen LogP contribution in [0.3, 0.4) is 0 Å². The van der Waals surface area contributed by atoms with Gasteiger partial charge in [0.1, 0.15) is 6.04 Å². The van der Waals surface area contributed by atoms with Gasteiger partial charge in [-0.2, -0.15) is 12.6 Å². The van der Waals surface area contributed by atoms with E-state index in [1.54, 1.807) is 6.92 Å². The summed E-state index contributed by atoms with van der Waals surface area (Å²) in [5.74, 6) is -1.32. The first-order valence-electron chi connectivity index (χ1n) is 7.83. The summed E-state index contributed by atoms with van der Waals surface area (Å²) in [4.78, 5) is 25.0. The number of benzene rings is 1. The Bertz CT molecular complexity index is 534. The molecule has 1 aromatic rings. The van der Waals surface area contributed by atoms with Crippen LogP contribution < -0.4 is 10.2 Å². The molecular weight excluding hydrogens is 328 g/mol. The van der Waals surface area contributed by atoms with Gasteiger partial charge in [-0.1, -0.05) is 19.1 Å². The molecule has 1 unspecified atom stereocenters. The number of aliphatic carboxylic acids is 1. The van der Waals surface area contributed by atoms with Crippen molar-refractivity contribution < 1.29 is 19.4 Å². The Morgan fingerprint density at radius 1 is 1.29 bits per heavy atom. The molecule has 1 amide bonds. The van der Waals surface area contributed by atoms with Crippen molar-refractivity contribution in [3.63, 3.8) is 0 Å². The maximum atomic E-state index is 11.8. The topological polar surface area (TPSA) is 78.9 Å². The average molecular weight is 354 g/mol. The number of nitrogens with one attached hydrogen (secondary N) is 1. The molecule has 6 nitrogen and oxygen atoms in total. The molecule has 0 spiro atoms. The number of thiol groups is 1. The second-order valence-electron chi connectivity index (χ2n) is 5.89. The highest BCUT2D eigenvalue weighted by Crippen LogP contribution is 2.13. The summed E-state index contributed by atoms with van der Waals surface area (Å²) in [6.45, 7) is 2.36. The fourth-order valence-electron chi connectivity index (χ4n) is 1.94. The minimum absolute atomic E-state index is 0.218. The second-order valence-corrected chi connectivity index (χ2v) is 6.25. The number of nitrogens with zero attached hydrogens (tertiary/aromatic N) is 1. The van der Waals surface area contributed by atoms with Crippen molar-refractivity contribution in [2.24, 2.45) is 5.92 Å². The Balaban J connectivity index is 2.40. The van der Waals surface area contributed by atoms with E-state index in [0.717, 1.165) is 11.3 Å².